The minimum atomic E-state index is -0.187. The van der Waals surface area contributed by atoms with Crippen molar-refractivity contribution in [2.24, 2.45) is 5.92 Å². The van der Waals surface area contributed by atoms with Gasteiger partial charge >= 0.3 is 0 Å². The monoisotopic (exact) mass is 284 g/mol. The molecule has 3 heteroatoms. The minimum absolute atomic E-state index is 0.187. The van der Waals surface area contributed by atoms with E-state index in [2.05, 4.69) is 42.2 Å². The molecule has 1 aromatic heterocycles. The summed E-state index contributed by atoms with van der Waals surface area (Å²) in [6.45, 7) is 6.11. The van der Waals surface area contributed by atoms with Gasteiger partial charge in [-0.15, -0.1) is 0 Å². The maximum atomic E-state index is 9.76. The van der Waals surface area contributed by atoms with Gasteiger partial charge in [-0.2, -0.15) is 0 Å². The molecule has 0 amide bonds. The fourth-order valence-corrected chi connectivity index (χ4v) is 3.28. The molecule has 21 heavy (non-hydrogen) atoms. The Kier molecular flexibility index (Phi) is 4.11. The molecule has 1 unspecified atom stereocenters. The third-order valence-corrected chi connectivity index (χ3v) is 4.67. The van der Waals surface area contributed by atoms with Crippen LogP contribution in [0.1, 0.15) is 32.4 Å². The molecule has 1 fully saturated rings. The van der Waals surface area contributed by atoms with Gasteiger partial charge in [0.1, 0.15) is 0 Å². The molecule has 0 aliphatic carbocycles. The SMILES string of the molecule is CCc1cc(N2CCC(C(C)O)CC2)c2ccccc2n1. The van der Waals surface area contributed by atoms with E-state index >= 15 is 0 Å². The molecular weight excluding hydrogens is 260 g/mol. The largest absolute Gasteiger partial charge is 0.393 e. The van der Waals surface area contributed by atoms with Crippen LogP contribution in [0.2, 0.25) is 0 Å². The van der Waals surface area contributed by atoms with Crippen molar-refractivity contribution in [2.75, 3.05) is 18.0 Å². The number of rotatable bonds is 3. The summed E-state index contributed by atoms with van der Waals surface area (Å²) in [6.07, 6.45) is 2.90. The lowest BCUT2D eigenvalue weighted by molar-refractivity contribution is 0.110. The summed E-state index contributed by atoms with van der Waals surface area (Å²) in [7, 11) is 0. The van der Waals surface area contributed by atoms with Gasteiger partial charge in [0.2, 0.25) is 0 Å². The number of aromatic nitrogens is 1. The van der Waals surface area contributed by atoms with Crippen molar-refractivity contribution in [3.63, 3.8) is 0 Å². The first kappa shape index (κ1) is 14.3. The summed E-state index contributed by atoms with van der Waals surface area (Å²) in [5.74, 6) is 0.444. The van der Waals surface area contributed by atoms with E-state index < -0.39 is 0 Å². The van der Waals surface area contributed by atoms with E-state index in [0.29, 0.717) is 5.92 Å². The number of aliphatic hydroxyl groups is 1. The number of anilines is 1. The van der Waals surface area contributed by atoms with E-state index in [1.807, 2.05) is 6.92 Å². The van der Waals surface area contributed by atoms with E-state index in [9.17, 15) is 5.11 Å². The fourth-order valence-electron chi connectivity index (χ4n) is 3.28. The van der Waals surface area contributed by atoms with E-state index in [1.54, 1.807) is 0 Å². The average molecular weight is 284 g/mol. The quantitative estimate of drug-likeness (QED) is 0.938. The molecule has 112 valence electrons. The summed E-state index contributed by atoms with van der Waals surface area (Å²) < 4.78 is 0. The van der Waals surface area contributed by atoms with Gasteiger partial charge in [0.15, 0.2) is 0 Å². The molecule has 0 saturated carbocycles. The van der Waals surface area contributed by atoms with Crippen LogP contribution in [-0.4, -0.2) is 29.3 Å². The number of piperidine rings is 1. The Morgan fingerprint density at radius 1 is 1.29 bits per heavy atom. The molecule has 1 saturated heterocycles. The van der Waals surface area contributed by atoms with Crippen molar-refractivity contribution in [3.05, 3.63) is 36.0 Å². The zero-order valence-electron chi connectivity index (χ0n) is 12.9. The Bertz CT molecular complexity index is 616. The minimum Gasteiger partial charge on any atom is -0.393 e. The van der Waals surface area contributed by atoms with Crippen LogP contribution in [0.3, 0.4) is 0 Å². The molecule has 0 spiro atoms. The lowest BCUT2D eigenvalue weighted by Crippen LogP contribution is -2.37. The van der Waals surface area contributed by atoms with Crippen molar-refractivity contribution < 1.29 is 5.11 Å². The third kappa shape index (κ3) is 2.88. The van der Waals surface area contributed by atoms with Crippen LogP contribution < -0.4 is 4.90 Å². The molecule has 3 nitrogen and oxygen atoms in total. The summed E-state index contributed by atoms with van der Waals surface area (Å²) >= 11 is 0. The molecule has 2 heterocycles. The maximum Gasteiger partial charge on any atom is 0.0726 e. The number of hydrogen-bond acceptors (Lipinski definition) is 3. The maximum absolute atomic E-state index is 9.76. The van der Waals surface area contributed by atoms with Gasteiger partial charge < -0.3 is 10.0 Å². The summed E-state index contributed by atoms with van der Waals surface area (Å²) in [4.78, 5) is 7.19. The lowest BCUT2D eigenvalue weighted by atomic mass is 9.91. The van der Waals surface area contributed by atoms with Crippen molar-refractivity contribution in [2.45, 2.75) is 39.2 Å². The standard InChI is InChI=1S/C18H24N2O/c1-3-15-12-18(16-6-4-5-7-17(16)19-15)20-10-8-14(9-11-20)13(2)21/h4-7,12-14,21H,3,8-11H2,1-2H3. The second-order valence-corrected chi connectivity index (χ2v) is 6.07. The Balaban J connectivity index is 1.93. The molecule has 0 radical (unpaired) electrons. The van der Waals surface area contributed by atoms with E-state index in [0.717, 1.165) is 43.6 Å². The van der Waals surface area contributed by atoms with Gasteiger partial charge in [-0.05, 0) is 44.2 Å². The van der Waals surface area contributed by atoms with Crippen LogP contribution in [0.25, 0.3) is 10.9 Å². The van der Waals surface area contributed by atoms with Gasteiger partial charge in [-0.25, -0.2) is 0 Å². The molecule has 3 rings (SSSR count). The highest BCUT2D eigenvalue weighted by atomic mass is 16.3. The Morgan fingerprint density at radius 3 is 2.67 bits per heavy atom. The highest BCUT2D eigenvalue weighted by molar-refractivity contribution is 5.92. The van der Waals surface area contributed by atoms with Crippen LogP contribution in [-0.2, 0) is 6.42 Å². The van der Waals surface area contributed by atoms with E-state index in [4.69, 9.17) is 4.98 Å². The van der Waals surface area contributed by atoms with Crippen molar-refractivity contribution in [1.29, 1.82) is 0 Å². The summed E-state index contributed by atoms with van der Waals surface area (Å²) in [5, 5.41) is 11.0. The third-order valence-electron chi connectivity index (χ3n) is 4.67. The highest BCUT2D eigenvalue weighted by Gasteiger charge is 2.23. The van der Waals surface area contributed by atoms with Gasteiger partial charge in [-0.3, -0.25) is 4.98 Å². The first-order valence-electron chi connectivity index (χ1n) is 8.00. The predicted octanol–water partition coefficient (Wildman–Crippen LogP) is 3.39. The van der Waals surface area contributed by atoms with Crippen molar-refractivity contribution in [1.82, 2.24) is 4.98 Å². The lowest BCUT2D eigenvalue weighted by Gasteiger charge is -2.35. The normalized spacial score (nSPS) is 18.1. The molecule has 1 aromatic carbocycles. The number of nitrogens with zero attached hydrogens (tertiary/aromatic N) is 2. The van der Waals surface area contributed by atoms with E-state index in [-0.39, 0.29) is 6.10 Å². The topological polar surface area (TPSA) is 36.4 Å². The first-order chi connectivity index (χ1) is 10.2. The number of benzene rings is 1. The van der Waals surface area contributed by atoms with Gasteiger partial charge in [0.25, 0.3) is 0 Å². The summed E-state index contributed by atoms with van der Waals surface area (Å²) in [5.41, 5.74) is 3.55. The highest BCUT2D eigenvalue weighted by Crippen LogP contribution is 2.31. The van der Waals surface area contributed by atoms with E-state index in [1.165, 1.54) is 11.1 Å². The number of hydrogen-bond donors (Lipinski definition) is 1. The van der Waals surface area contributed by atoms with Crippen LogP contribution in [0.15, 0.2) is 30.3 Å². The van der Waals surface area contributed by atoms with Crippen LogP contribution in [0.5, 0.6) is 0 Å². The number of aliphatic hydroxyl groups excluding tert-OH is 1. The van der Waals surface area contributed by atoms with Crippen molar-refractivity contribution in [3.8, 4) is 0 Å². The Morgan fingerprint density at radius 2 is 2.00 bits per heavy atom. The molecular formula is C18H24N2O. The van der Waals surface area contributed by atoms with Crippen LogP contribution in [0, 0.1) is 5.92 Å². The van der Waals surface area contributed by atoms with Gasteiger partial charge in [0, 0.05) is 29.9 Å². The predicted molar refractivity (Wildman–Crippen MR) is 87.7 cm³/mol. The summed E-state index contributed by atoms with van der Waals surface area (Å²) in [6, 6.07) is 10.6. The molecule has 1 aliphatic heterocycles. The number of para-hydroxylation sites is 1. The van der Waals surface area contributed by atoms with Crippen LogP contribution in [0.4, 0.5) is 5.69 Å². The number of aryl methyl sites for hydroxylation is 1. The molecule has 2 aromatic rings. The van der Waals surface area contributed by atoms with Gasteiger partial charge in [0.05, 0.1) is 11.6 Å². The second kappa shape index (κ2) is 6.02. The van der Waals surface area contributed by atoms with Crippen LogP contribution >= 0.6 is 0 Å². The Hall–Kier alpha value is -1.61. The second-order valence-electron chi connectivity index (χ2n) is 6.07. The fraction of sp³-hybridized carbons (Fsp3) is 0.500. The first-order valence-corrected chi connectivity index (χ1v) is 8.00. The molecule has 0 bridgehead atoms. The number of fused-ring (bicyclic) bond motifs is 1. The Labute approximate surface area is 126 Å². The molecule has 1 N–H and O–H groups in total. The van der Waals surface area contributed by atoms with Gasteiger partial charge in [-0.1, -0.05) is 25.1 Å². The molecule has 1 atom stereocenters. The average Bonchev–Trinajstić information content (AvgIpc) is 2.53. The van der Waals surface area contributed by atoms with Crippen molar-refractivity contribution >= 4 is 16.6 Å². The smallest absolute Gasteiger partial charge is 0.0726 e. The zero-order chi connectivity index (χ0) is 14.8. The molecule has 1 aliphatic rings. The number of pyridine rings is 1. The zero-order valence-corrected chi connectivity index (χ0v) is 12.9.